The van der Waals surface area contributed by atoms with Gasteiger partial charge in [-0.1, -0.05) is 37.6 Å². The fourth-order valence-electron chi connectivity index (χ4n) is 5.39. The number of pyridine rings is 1. The molecule has 0 saturated heterocycles. The van der Waals surface area contributed by atoms with Gasteiger partial charge in [0.25, 0.3) is 0 Å². The lowest BCUT2D eigenvalue weighted by Gasteiger charge is -2.25. The van der Waals surface area contributed by atoms with Crippen LogP contribution in [0.25, 0.3) is 32.8 Å². The van der Waals surface area contributed by atoms with Crippen molar-refractivity contribution < 1.29 is 9.30 Å². The molecule has 2 heterocycles. The molecule has 0 amide bonds. The van der Waals surface area contributed by atoms with E-state index >= 15 is 0 Å². The third-order valence-corrected chi connectivity index (χ3v) is 6.55. The lowest BCUT2D eigenvalue weighted by molar-refractivity contribution is -0.659. The Morgan fingerprint density at radius 1 is 0.933 bits per heavy atom. The van der Waals surface area contributed by atoms with Crippen molar-refractivity contribution in [2.75, 3.05) is 0 Å². The fraction of sp³-hybridized carbons (Fsp3) is 0.321. The lowest BCUT2D eigenvalue weighted by Crippen LogP contribution is -2.32. The van der Waals surface area contributed by atoms with Crippen LogP contribution >= 0.6 is 0 Å². The molecule has 2 heteroatoms. The number of aryl methyl sites for hydroxylation is 5. The van der Waals surface area contributed by atoms with Crippen LogP contribution in [0.3, 0.4) is 0 Å². The Hall–Kier alpha value is -2.87. The SMILES string of the molecule is Cc1cc(C)c2c(C)c3c(c(C)c2c1)-c1c2c(cc(CC(C)C)cc2cc[n+]1C)O3. The monoisotopic (exact) mass is 396 g/mol. The van der Waals surface area contributed by atoms with Crippen LogP contribution in [0.2, 0.25) is 0 Å². The average Bonchev–Trinajstić information content (AvgIpc) is 2.67. The summed E-state index contributed by atoms with van der Waals surface area (Å²) in [5.41, 5.74) is 9.01. The molecular weight excluding hydrogens is 366 g/mol. The summed E-state index contributed by atoms with van der Waals surface area (Å²) in [6.07, 6.45) is 3.25. The standard InChI is InChI=1S/C28H30NO/c1-15(2)10-20-13-21-8-9-29(7)27-25-18(5)22-12-16(3)11-17(4)24(22)19(6)28(25)30-23(14-20)26(21)27/h8-9,11-15H,10H2,1-7H3/q+1. The van der Waals surface area contributed by atoms with Crippen molar-refractivity contribution in [3.05, 3.63) is 64.3 Å². The van der Waals surface area contributed by atoms with Gasteiger partial charge in [0, 0.05) is 11.6 Å². The smallest absolute Gasteiger partial charge is 0.228 e. The van der Waals surface area contributed by atoms with E-state index in [2.05, 4.69) is 89.7 Å². The predicted octanol–water partition coefficient (Wildman–Crippen LogP) is 7.02. The molecule has 0 atom stereocenters. The van der Waals surface area contributed by atoms with Gasteiger partial charge in [-0.05, 0) is 78.9 Å². The second-order valence-electron chi connectivity index (χ2n) is 9.49. The van der Waals surface area contributed by atoms with E-state index in [4.69, 9.17) is 4.74 Å². The van der Waals surface area contributed by atoms with Gasteiger partial charge in [0.1, 0.15) is 18.5 Å². The molecule has 152 valence electrons. The Morgan fingerprint density at radius 3 is 2.43 bits per heavy atom. The van der Waals surface area contributed by atoms with Crippen LogP contribution < -0.4 is 9.30 Å². The minimum Gasteiger partial charge on any atom is -0.455 e. The molecule has 2 nitrogen and oxygen atoms in total. The normalized spacial score (nSPS) is 12.5. The molecule has 30 heavy (non-hydrogen) atoms. The van der Waals surface area contributed by atoms with Gasteiger partial charge in [0.2, 0.25) is 5.69 Å². The number of aromatic nitrogens is 1. The second kappa shape index (κ2) is 6.57. The Bertz CT molecular complexity index is 1360. The van der Waals surface area contributed by atoms with E-state index in [1.165, 1.54) is 60.6 Å². The summed E-state index contributed by atoms with van der Waals surface area (Å²) in [5, 5.41) is 5.16. The van der Waals surface area contributed by atoms with Gasteiger partial charge in [-0.3, -0.25) is 0 Å². The highest BCUT2D eigenvalue weighted by molar-refractivity contribution is 6.07. The summed E-state index contributed by atoms with van der Waals surface area (Å²) in [4.78, 5) is 0. The third kappa shape index (κ3) is 2.66. The van der Waals surface area contributed by atoms with E-state index in [1.807, 2.05) is 0 Å². The fourth-order valence-corrected chi connectivity index (χ4v) is 5.39. The molecule has 0 N–H and O–H groups in total. The summed E-state index contributed by atoms with van der Waals surface area (Å²) < 4.78 is 8.98. The first-order valence-corrected chi connectivity index (χ1v) is 10.9. The van der Waals surface area contributed by atoms with E-state index in [0.29, 0.717) is 5.92 Å². The zero-order valence-electron chi connectivity index (χ0n) is 19.1. The maximum Gasteiger partial charge on any atom is 0.228 e. The molecule has 0 aliphatic carbocycles. The Morgan fingerprint density at radius 2 is 1.70 bits per heavy atom. The van der Waals surface area contributed by atoms with Gasteiger partial charge in [-0.15, -0.1) is 0 Å². The van der Waals surface area contributed by atoms with Crippen molar-refractivity contribution in [2.24, 2.45) is 13.0 Å². The van der Waals surface area contributed by atoms with Crippen LogP contribution in [-0.4, -0.2) is 0 Å². The van der Waals surface area contributed by atoms with Crippen LogP contribution in [-0.2, 0) is 13.5 Å². The molecule has 3 aromatic carbocycles. The summed E-state index contributed by atoms with van der Waals surface area (Å²) >= 11 is 0. The first-order valence-electron chi connectivity index (χ1n) is 10.9. The summed E-state index contributed by atoms with van der Waals surface area (Å²) in [6, 6.07) is 11.4. The Balaban J connectivity index is 1.93. The Kier molecular flexibility index (Phi) is 4.18. The molecule has 5 rings (SSSR count). The highest BCUT2D eigenvalue weighted by Crippen LogP contribution is 2.51. The number of fused-ring (bicyclic) bond motifs is 3. The number of benzene rings is 3. The first kappa shape index (κ1) is 19.1. The predicted molar refractivity (Wildman–Crippen MR) is 126 cm³/mol. The highest BCUT2D eigenvalue weighted by Gasteiger charge is 2.32. The van der Waals surface area contributed by atoms with Gasteiger partial charge < -0.3 is 4.74 Å². The molecule has 0 fully saturated rings. The molecule has 0 saturated carbocycles. The van der Waals surface area contributed by atoms with Crippen molar-refractivity contribution in [3.63, 3.8) is 0 Å². The van der Waals surface area contributed by atoms with Gasteiger partial charge in [-0.2, -0.15) is 0 Å². The van der Waals surface area contributed by atoms with Crippen LogP contribution in [0, 0.1) is 33.6 Å². The van der Waals surface area contributed by atoms with Crippen molar-refractivity contribution in [2.45, 2.75) is 48.0 Å². The van der Waals surface area contributed by atoms with Crippen LogP contribution in [0.1, 0.15) is 41.7 Å². The molecule has 0 radical (unpaired) electrons. The van der Waals surface area contributed by atoms with Crippen molar-refractivity contribution in [3.8, 4) is 22.8 Å². The zero-order chi connectivity index (χ0) is 21.3. The van der Waals surface area contributed by atoms with Gasteiger partial charge in [0.15, 0.2) is 6.20 Å². The second-order valence-corrected chi connectivity index (χ2v) is 9.49. The van der Waals surface area contributed by atoms with E-state index < -0.39 is 0 Å². The van der Waals surface area contributed by atoms with Gasteiger partial charge >= 0.3 is 0 Å². The van der Waals surface area contributed by atoms with Gasteiger partial charge in [-0.25, -0.2) is 4.57 Å². The highest BCUT2D eigenvalue weighted by atomic mass is 16.5. The molecule has 4 aromatic rings. The van der Waals surface area contributed by atoms with Crippen molar-refractivity contribution >= 4 is 21.5 Å². The maximum absolute atomic E-state index is 6.72. The largest absolute Gasteiger partial charge is 0.455 e. The quantitative estimate of drug-likeness (QED) is 0.292. The number of rotatable bonds is 2. The lowest BCUT2D eigenvalue weighted by atomic mass is 9.86. The summed E-state index contributed by atoms with van der Waals surface area (Å²) in [5.74, 6) is 2.63. The van der Waals surface area contributed by atoms with Crippen LogP contribution in [0.4, 0.5) is 0 Å². The van der Waals surface area contributed by atoms with E-state index in [9.17, 15) is 0 Å². The topological polar surface area (TPSA) is 13.1 Å². The average molecular weight is 397 g/mol. The molecule has 1 aromatic heterocycles. The summed E-state index contributed by atoms with van der Waals surface area (Å²) in [6.45, 7) is 13.4. The first-order chi connectivity index (χ1) is 14.3. The van der Waals surface area contributed by atoms with E-state index in [-0.39, 0.29) is 0 Å². The summed E-state index contributed by atoms with van der Waals surface area (Å²) in [7, 11) is 2.15. The minimum absolute atomic E-state index is 0.614. The van der Waals surface area contributed by atoms with E-state index in [0.717, 1.165) is 17.9 Å². The van der Waals surface area contributed by atoms with Gasteiger partial charge in [0.05, 0.1) is 10.9 Å². The van der Waals surface area contributed by atoms with Crippen molar-refractivity contribution in [1.82, 2.24) is 0 Å². The minimum atomic E-state index is 0.614. The van der Waals surface area contributed by atoms with Crippen molar-refractivity contribution in [1.29, 1.82) is 0 Å². The van der Waals surface area contributed by atoms with Crippen LogP contribution in [0.5, 0.6) is 11.5 Å². The molecule has 1 aliphatic heterocycles. The van der Waals surface area contributed by atoms with E-state index in [1.54, 1.807) is 0 Å². The number of hydrogen-bond donors (Lipinski definition) is 0. The molecule has 0 bridgehead atoms. The Labute approximate surface area is 179 Å². The number of nitrogens with zero attached hydrogens (tertiary/aromatic N) is 1. The molecular formula is C28H30NO+. The molecule has 1 aliphatic rings. The third-order valence-electron chi connectivity index (χ3n) is 6.55. The molecule has 0 unspecified atom stereocenters. The molecule has 0 spiro atoms. The van der Waals surface area contributed by atoms with Crippen LogP contribution in [0.15, 0.2) is 36.5 Å². The zero-order valence-corrected chi connectivity index (χ0v) is 19.1. The maximum atomic E-state index is 6.72. The number of ether oxygens (including phenoxy) is 1. The number of hydrogen-bond acceptors (Lipinski definition) is 1.